The molecule has 0 unspecified atom stereocenters. The van der Waals surface area contributed by atoms with Crippen LogP contribution >= 0.6 is 0 Å². The molecule has 1 aliphatic heterocycles. The molecule has 1 aliphatic carbocycles. The summed E-state index contributed by atoms with van der Waals surface area (Å²) < 4.78 is 2.04. The lowest BCUT2D eigenvalue weighted by atomic mass is 9.95. The van der Waals surface area contributed by atoms with Crippen molar-refractivity contribution in [3.05, 3.63) is 12.2 Å². The molecule has 2 heterocycles. The predicted octanol–water partition coefficient (Wildman–Crippen LogP) is 1.55. The molecule has 16 heavy (non-hydrogen) atoms. The Labute approximate surface area is 96.4 Å². The van der Waals surface area contributed by atoms with E-state index in [0.29, 0.717) is 5.92 Å². The second-order valence-corrected chi connectivity index (χ2v) is 5.12. The summed E-state index contributed by atoms with van der Waals surface area (Å²) in [7, 11) is 0. The van der Waals surface area contributed by atoms with Crippen LogP contribution in [-0.2, 0) is 6.54 Å². The molecule has 88 valence electrons. The molecule has 1 aromatic rings. The first-order valence-corrected chi connectivity index (χ1v) is 6.52. The molecular weight excluding hydrogens is 200 g/mol. The van der Waals surface area contributed by atoms with Crippen molar-refractivity contribution < 1.29 is 0 Å². The Bertz CT molecular complexity index is 337. The van der Waals surface area contributed by atoms with Crippen LogP contribution in [-0.4, -0.2) is 27.9 Å². The van der Waals surface area contributed by atoms with Crippen molar-refractivity contribution in [3.8, 4) is 0 Å². The fraction of sp³-hybridized carbons (Fsp3) is 0.833. The zero-order chi connectivity index (χ0) is 10.8. The van der Waals surface area contributed by atoms with E-state index in [9.17, 15) is 0 Å². The van der Waals surface area contributed by atoms with Crippen molar-refractivity contribution in [2.75, 3.05) is 13.1 Å². The van der Waals surface area contributed by atoms with Crippen molar-refractivity contribution in [3.63, 3.8) is 0 Å². The molecule has 4 nitrogen and oxygen atoms in total. The van der Waals surface area contributed by atoms with Gasteiger partial charge in [0.05, 0.1) is 0 Å². The maximum atomic E-state index is 4.55. The maximum absolute atomic E-state index is 4.55. The lowest BCUT2D eigenvalue weighted by Crippen LogP contribution is -2.28. The highest BCUT2D eigenvalue weighted by Crippen LogP contribution is 2.37. The molecular formula is C12H20N4. The second-order valence-electron chi connectivity index (χ2n) is 5.12. The third kappa shape index (κ3) is 2.43. The van der Waals surface area contributed by atoms with Gasteiger partial charge in [-0.15, -0.1) is 0 Å². The van der Waals surface area contributed by atoms with Crippen LogP contribution in [0.3, 0.4) is 0 Å². The fourth-order valence-corrected chi connectivity index (χ4v) is 2.43. The van der Waals surface area contributed by atoms with Gasteiger partial charge in [-0.3, -0.25) is 4.68 Å². The van der Waals surface area contributed by atoms with E-state index in [1.54, 1.807) is 0 Å². The van der Waals surface area contributed by atoms with Gasteiger partial charge in [-0.2, -0.15) is 5.10 Å². The van der Waals surface area contributed by atoms with Gasteiger partial charge in [0.1, 0.15) is 6.33 Å². The van der Waals surface area contributed by atoms with Gasteiger partial charge in [-0.25, -0.2) is 4.98 Å². The summed E-state index contributed by atoms with van der Waals surface area (Å²) in [6.07, 6.45) is 8.40. The first kappa shape index (κ1) is 10.3. The molecule has 3 rings (SSSR count). The van der Waals surface area contributed by atoms with Crippen molar-refractivity contribution in [1.82, 2.24) is 20.1 Å². The minimum absolute atomic E-state index is 0.681. The Morgan fingerprint density at radius 2 is 2.06 bits per heavy atom. The lowest BCUT2D eigenvalue weighted by Gasteiger charge is -2.22. The van der Waals surface area contributed by atoms with Gasteiger partial charge in [-0.1, -0.05) is 0 Å². The van der Waals surface area contributed by atoms with Crippen LogP contribution < -0.4 is 5.32 Å². The van der Waals surface area contributed by atoms with Gasteiger partial charge in [0.25, 0.3) is 0 Å². The summed E-state index contributed by atoms with van der Waals surface area (Å²) in [5.41, 5.74) is 0. The molecule has 0 atom stereocenters. The first-order valence-electron chi connectivity index (χ1n) is 6.52. The third-order valence-electron chi connectivity index (χ3n) is 3.72. The van der Waals surface area contributed by atoms with Crippen LogP contribution in [0.2, 0.25) is 0 Å². The SMILES string of the molecule is c1nc(C2CC2)nn1CCC1CCNCC1. The van der Waals surface area contributed by atoms with Gasteiger partial charge >= 0.3 is 0 Å². The molecule has 0 amide bonds. The van der Waals surface area contributed by atoms with E-state index >= 15 is 0 Å². The number of hydrogen-bond acceptors (Lipinski definition) is 3. The van der Waals surface area contributed by atoms with Crippen LogP contribution in [0.25, 0.3) is 0 Å². The molecule has 0 radical (unpaired) electrons. The summed E-state index contributed by atoms with van der Waals surface area (Å²) in [4.78, 5) is 4.38. The Morgan fingerprint density at radius 1 is 1.25 bits per heavy atom. The van der Waals surface area contributed by atoms with Crippen molar-refractivity contribution >= 4 is 0 Å². The molecule has 0 aromatic carbocycles. The fourth-order valence-electron chi connectivity index (χ4n) is 2.43. The van der Waals surface area contributed by atoms with Crippen LogP contribution in [0.5, 0.6) is 0 Å². The van der Waals surface area contributed by atoms with Crippen molar-refractivity contribution in [2.24, 2.45) is 5.92 Å². The molecule has 1 saturated carbocycles. The molecule has 1 N–H and O–H groups in total. The van der Waals surface area contributed by atoms with E-state index in [-0.39, 0.29) is 0 Å². The topological polar surface area (TPSA) is 42.7 Å². The predicted molar refractivity (Wildman–Crippen MR) is 62.2 cm³/mol. The summed E-state index contributed by atoms with van der Waals surface area (Å²) >= 11 is 0. The standard InChI is InChI=1S/C12H20N4/c1-2-11(1)12-14-9-16(15-12)8-5-10-3-6-13-7-4-10/h9-11,13H,1-8H2. The Balaban J connectivity index is 1.49. The average Bonchev–Trinajstić information content (AvgIpc) is 3.08. The first-order chi connectivity index (χ1) is 7.92. The molecule has 1 saturated heterocycles. The van der Waals surface area contributed by atoms with Crippen LogP contribution in [0.1, 0.15) is 43.8 Å². The summed E-state index contributed by atoms with van der Waals surface area (Å²) in [6.45, 7) is 3.43. The monoisotopic (exact) mass is 220 g/mol. The molecule has 0 spiro atoms. The zero-order valence-corrected chi connectivity index (χ0v) is 9.73. The third-order valence-corrected chi connectivity index (χ3v) is 3.72. The Hall–Kier alpha value is -0.900. The highest BCUT2D eigenvalue weighted by Gasteiger charge is 2.27. The van der Waals surface area contributed by atoms with E-state index in [0.717, 1.165) is 18.3 Å². The van der Waals surface area contributed by atoms with Gasteiger partial charge in [-0.05, 0) is 51.1 Å². The lowest BCUT2D eigenvalue weighted by molar-refractivity contribution is 0.331. The minimum atomic E-state index is 0.681. The number of aryl methyl sites for hydroxylation is 1. The number of rotatable bonds is 4. The molecule has 2 fully saturated rings. The maximum Gasteiger partial charge on any atom is 0.153 e. The Kier molecular flexibility index (Phi) is 2.91. The normalized spacial score (nSPS) is 22.5. The van der Waals surface area contributed by atoms with E-state index in [1.165, 1.54) is 45.2 Å². The highest BCUT2D eigenvalue weighted by molar-refractivity contribution is 5.02. The summed E-state index contributed by atoms with van der Waals surface area (Å²) in [6, 6.07) is 0. The second kappa shape index (κ2) is 4.53. The number of piperidine rings is 1. The van der Waals surface area contributed by atoms with Gasteiger partial charge in [0, 0.05) is 12.5 Å². The van der Waals surface area contributed by atoms with E-state index < -0.39 is 0 Å². The highest BCUT2D eigenvalue weighted by atomic mass is 15.3. The van der Waals surface area contributed by atoms with E-state index in [1.807, 2.05) is 11.0 Å². The molecule has 4 heteroatoms. The summed E-state index contributed by atoms with van der Waals surface area (Å²) in [5, 5.41) is 7.95. The smallest absolute Gasteiger partial charge is 0.153 e. The van der Waals surface area contributed by atoms with Gasteiger partial charge in [0.2, 0.25) is 0 Å². The Morgan fingerprint density at radius 3 is 2.81 bits per heavy atom. The van der Waals surface area contributed by atoms with E-state index in [4.69, 9.17) is 0 Å². The van der Waals surface area contributed by atoms with E-state index in [2.05, 4.69) is 15.4 Å². The number of aromatic nitrogens is 3. The van der Waals surface area contributed by atoms with Crippen molar-refractivity contribution in [2.45, 2.75) is 44.6 Å². The van der Waals surface area contributed by atoms with Gasteiger partial charge < -0.3 is 5.32 Å². The molecule has 2 aliphatic rings. The van der Waals surface area contributed by atoms with Crippen LogP contribution in [0, 0.1) is 5.92 Å². The largest absolute Gasteiger partial charge is 0.317 e. The zero-order valence-electron chi connectivity index (χ0n) is 9.73. The van der Waals surface area contributed by atoms with Crippen LogP contribution in [0.15, 0.2) is 6.33 Å². The van der Waals surface area contributed by atoms with Gasteiger partial charge in [0.15, 0.2) is 5.82 Å². The number of nitrogens with zero attached hydrogens (tertiary/aromatic N) is 3. The van der Waals surface area contributed by atoms with Crippen LogP contribution in [0.4, 0.5) is 0 Å². The molecule has 1 aromatic heterocycles. The molecule has 0 bridgehead atoms. The average molecular weight is 220 g/mol. The number of nitrogens with one attached hydrogen (secondary N) is 1. The quantitative estimate of drug-likeness (QED) is 0.837. The summed E-state index contributed by atoms with van der Waals surface area (Å²) in [5.74, 6) is 2.64. The number of hydrogen-bond donors (Lipinski definition) is 1. The minimum Gasteiger partial charge on any atom is -0.317 e. The van der Waals surface area contributed by atoms with Crippen molar-refractivity contribution in [1.29, 1.82) is 0 Å².